The van der Waals surface area contributed by atoms with Gasteiger partial charge in [0, 0.05) is 5.69 Å². The van der Waals surface area contributed by atoms with Crippen molar-refractivity contribution in [3.63, 3.8) is 0 Å². The van der Waals surface area contributed by atoms with E-state index in [4.69, 9.17) is 4.74 Å². The lowest BCUT2D eigenvalue weighted by atomic mass is 10.1. The van der Waals surface area contributed by atoms with Crippen molar-refractivity contribution in [1.29, 1.82) is 0 Å². The molecule has 0 aliphatic carbocycles. The first-order valence-electron chi connectivity index (χ1n) is 8.72. The number of carbonyl (C=O) groups excluding carboxylic acids is 1. The number of ether oxygens (including phenoxy) is 1. The molecule has 142 valence electrons. The first kappa shape index (κ1) is 19.0. The molecule has 0 aliphatic rings. The van der Waals surface area contributed by atoms with E-state index in [1.165, 1.54) is 18.3 Å². The third-order valence-electron chi connectivity index (χ3n) is 4.09. The van der Waals surface area contributed by atoms with Gasteiger partial charge in [0.25, 0.3) is 5.91 Å². The summed E-state index contributed by atoms with van der Waals surface area (Å²) in [6.07, 6.45) is 0.371. The van der Waals surface area contributed by atoms with Gasteiger partial charge in [0.05, 0.1) is 6.54 Å². The van der Waals surface area contributed by atoms with E-state index in [9.17, 15) is 14.9 Å². The van der Waals surface area contributed by atoms with E-state index in [1.807, 2.05) is 60.7 Å². The second-order valence-electron chi connectivity index (χ2n) is 6.09. The molecule has 0 N–H and O–H groups in total. The lowest BCUT2D eigenvalue weighted by Gasteiger charge is -2.26. The van der Waals surface area contributed by atoms with Crippen molar-refractivity contribution in [2.45, 2.75) is 19.6 Å². The average Bonchev–Trinajstić information content (AvgIpc) is 2.73. The largest absolute Gasteiger partial charge is 0.473 e. The Morgan fingerprint density at radius 3 is 2.36 bits per heavy atom. The second kappa shape index (κ2) is 8.77. The van der Waals surface area contributed by atoms with Crippen LogP contribution in [0.3, 0.4) is 0 Å². The number of anilines is 1. The summed E-state index contributed by atoms with van der Waals surface area (Å²) >= 11 is 0. The Bertz CT molecular complexity index is 948. The number of para-hydroxylation sites is 1. The molecule has 1 amide bonds. The summed E-state index contributed by atoms with van der Waals surface area (Å²) in [5, 5.41) is 11.1. The van der Waals surface area contributed by atoms with Crippen LogP contribution in [0.5, 0.6) is 5.75 Å². The molecule has 3 rings (SSSR count). The van der Waals surface area contributed by atoms with Gasteiger partial charge in [-0.15, -0.1) is 0 Å². The lowest BCUT2D eigenvalue weighted by Crippen LogP contribution is -2.40. The van der Waals surface area contributed by atoms with E-state index in [1.54, 1.807) is 11.8 Å². The number of hydrogen-bond acceptors (Lipinski definition) is 5. The number of benzene rings is 2. The second-order valence-corrected chi connectivity index (χ2v) is 6.09. The summed E-state index contributed by atoms with van der Waals surface area (Å²) in [6.45, 7) is 1.92. The molecule has 0 bridgehead atoms. The zero-order valence-electron chi connectivity index (χ0n) is 15.3. The van der Waals surface area contributed by atoms with Crippen LogP contribution in [-0.4, -0.2) is 21.9 Å². The number of rotatable bonds is 7. The summed E-state index contributed by atoms with van der Waals surface area (Å²) in [5.74, 6) is -0.772. The van der Waals surface area contributed by atoms with Crippen LogP contribution in [0.1, 0.15) is 12.5 Å². The molecular formula is C21H19N3O4. The van der Waals surface area contributed by atoms with E-state index in [0.29, 0.717) is 12.2 Å². The topological polar surface area (TPSA) is 85.6 Å². The molecule has 3 aromatic rings. The van der Waals surface area contributed by atoms with Gasteiger partial charge >= 0.3 is 5.82 Å². The molecule has 1 heterocycles. The first-order valence-corrected chi connectivity index (χ1v) is 8.72. The number of hydrogen-bond donors (Lipinski definition) is 0. The maximum Gasteiger partial charge on any atom is 0.406 e. The normalized spacial score (nSPS) is 11.5. The maximum absolute atomic E-state index is 13.1. The van der Waals surface area contributed by atoms with Crippen LogP contribution in [-0.2, 0) is 11.3 Å². The van der Waals surface area contributed by atoms with Crippen LogP contribution in [0.2, 0.25) is 0 Å². The summed E-state index contributed by atoms with van der Waals surface area (Å²) < 4.78 is 5.61. The van der Waals surface area contributed by atoms with Crippen molar-refractivity contribution in [1.82, 2.24) is 4.98 Å². The molecule has 1 unspecified atom stereocenters. The van der Waals surface area contributed by atoms with Crippen LogP contribution in [0, 0.1) is 10.1 Å². The highest BCUT2D eigenvalue weighted by atomic mass is 16.6. The molecule has 0 saturated heterocycles. The summed E-state index contributed by atoms with van der Waals surface area (Å²) in [7, 11) is 0. The van der Waals surface area contributed by atoms with Gasteiger partial charge in [-0.25, -0.2) is 0 Å². The van der Waals surface area contributed by atoms with Crippen molar-refractivity contribution in [3.8, 4) is 5.75 Å². The summed E-state index contributed by atoms with van der Waals surface area (Å²) in [5.41, 5.74) is 1.67. The van der Waals surface area contributed by atoms with Gasteiger partial charge in [-0.1, -0.05) is 48.5 Å². The molecule has 0 aliphatic heterocycles. The molecule has 7 heteroatoms. The molecule has 0 saturated carbocycles. The summed E-state index contributed by atoms with van der Waals surface area (Å²) in [4.78, 5) is 29.0. The number of carbonyl (C=O) groups is 1. The van der Waals surface area contributed by atoms with Crippen molar-refractivity contribution < 1.29 is 14.5 Å². The number of nitrogens with zero attached hydrogens (tertiary/aromatic N) is 3. The van der Waals surface area contributed by atoms with E-state index in [-0.39, 0.29) is 11.7 Å². The lowest BCUT2D eigenvalue weighted by molar-refractivity contribution is -0.390. The number of aromatic nitrogens is 1. The Kier molecular flexibility index (Phi) is 5.96. The Morgan fingerprint density at radius 2 is 1.71 bits per heavy atom. The minimum Gasteiger partial charge on any atom is -0.473 e. The fourth-order valence-corrected chi connectivity index (χ4v) is 2.74. The van der Waals surface area contributed by atoms with Crippen LogP contribution < -0.4 is 9.64 Å². The highest BCUT2D eigenvalue weighted by Crippen LogP contribution is 2.25. The van der Waals surface area contributed by atoms with Crippen molar-refractivity contribution >= 4 is 17.4 Å². The van der Waals surface area contributed by atoms with Crippen molar-refractivity contribution in [3.05, 3.63) is 94.7 Å². The predicted molar refractivity (Wildman–Crippen MR) is 105 cm³/mol. The van der Waals surface area contributed by atoms with Gasteiger partial charge in [-0.3, -0.25) is 4.79 Å². The van der Waals surface area contributed by atoms with Crippen molar-refractivity contribution in [2.24, 2.45) is 0 Å². The van der Waals surface area contributed by atoms with Gasteiger partial charge in [0.1, 0.15) is 6.20 Å². The van der Waals surface area contributed by atoms with Crippen LogP contribution >= 0.6 is 0 Å². The smallest absolute Gasteiger partial charge is 0.406 e. The molecule has 0 spiro atoms. The highest BCUT2D eigenvalue weighted by Gasteiger charge is 2.26. The van der Waals surface area contributed by atoms with Crippen LogP contribution in [0.15, 0.2) is 79.0 Å². The van der Waals surface area contributed by atoms with Crippen LogP contribution in [0.4, 0.5) is 11.5 Å². The molecule has 1 aromatic heterocycles. The number of pyridine rings is 1. The zero-order valence-corrected chi connectivity index (χ0v) is 15.3. The fourth-order valence-electron chi connectivity index (χ4n) is 2.74. The van der Waals surface area contributed by atoms with E-state index < -0.39 is 16.8 Å². The Hall–Kier alpha value is -3.74. The molecule has 28 heavy (non-hydrogen) atoms. The monoisotopic (exact) mass is 377 g/mol. The van der Waals surface area contributed by atoms with Gasteiger partial charge in [-0.2, -0.15) is 0 Å². The molecule has 0 fully saturated rings. The standard InChI is InChI=1S/C21H19N3O4/c1-16(28-19-13-8-14-22-20(19)24(26)27)21(25)23(18-11-6-3-7-12-18)15-17-9-4-2-5-10-17/h2-14,16H,15H2,1H3. The zero-order chi connectivity index (χ0) is 19.9. The molecule has 7 nitrogen and oxygen atoms in total. The van der Waals surface area contributed by atoms with Gasteiger partial charge in [0.15, 0.2) is 6.10 Å². The van der Waals surface area contributed by atoms with Crippen molar-refractivity contribution in [2.75, 3.05) is 4.90 Å². The molecule has 0 radical (unpaired) electrons. The Balaban J connectivity index is 1.85. The van der Waals surface area contributed by atoms with E-state index in [0.717, 1.165) is 5.56 Å². The van der Waals surface area contributed by atoms with E-state index in [2.05, 4.69) is 4.98 Å². The minimum atomic E-state index is -0.938. The molecule has 1 atom stereocenters. The van der Waals surface area contributed by atoms with Gasteiger partial charge in [-0.05, 0) is 46.7 Å². The van der Waals surface area contributed by atoms with Gasteiger partial charge in [0.2, 0.25) is 5.75 Å². The Labute approximate surface area is 162 Å². The molecule has 2 aromatic carbocycles. The fraction of sp³-hybridized carbons (Fsp3) is 0.143. The Morgan fingerprint density at radius 1 is 1.07 bits per heavy atom. The van der Waals surface area contributed by atoms with Gasteiger partial charge < -0.3 is 19.8 Å². The molecular weight excluding hydrogens is 358 g/mol. The van der Waals surface area contributed by atoms with E-state index >= 15 is 0 Å². The number of amides is 1. The minimum absolute atomic E-state index is 0.0407. The predicted octanol–water partition coefficient (Wildman–Crippen LogP) is 3.99. The quantitative estimate of drug-likeness (QED) is 0.459. The summed E-state index contributed by atoms with van der Waals surface area (Å²) in [6, 6.07) is 21.8. The number of nitro groups is 1. The van der Waals surface area contributed by atoms with Crippen LogP contribution in [0.25, 0.3) is 0 Å². The third-order valence-corrected chi connectivity index (χ3v) is 4.09. The average molecular weight is 377 g/mol. The first-order chi connectivity index (χ1) is 13.6. The highest BCUT2D eigenvalue weighted by molar-refractivity contribution is 5.96. The third kappa shape index (κ3) is 4.50. The maximum atomic E-state index is 13.1. The SMILES string of the molecule is CC(Oc1cccnc1[N+](=O)[O-])C(=O)N(Cc1ccccc1)c1ccccc1.